The fourth-order valence-electron chi connectivity index (χ4n) is 4.58. The summed E-state index contributed by atoms with van der Waals surface area (Å²) in [6.45, 7) is 0. The Kier molecular flexibility index (Phi) is 3.54. The molecule has 1 heterocycles. The van der Waals surface area contributed by atoms with Crippen molar-refractivity contribution in [3.05, 3.63) is 109 Å². The van der Waals surface area contributed by atoms with Gasteiger partial charge >= 0.3 is 0 Å². The number of H-pyrrole nitrogens is 1. The van der Waals surface area contributed by atoms with Gasteiger partial charge in [0.2, 0.25) is 0 Å². The first-order valence-corrected chi connectivity index (χ1v) is 9.98. The van der Waals surface area contributed by atoms with Crippen LogP contribution in [0, 0.1) is 0 Å². The van der Waals surface area contributed by atoms with Gasteiger partial charge in [-0.25, -0.2) is 0 Å². The van der Waals surface area contributed by atoms with Crippen molar-refractivity contribution in [3.8, 4) is 22.3 Å². The molecule has 0 saturated heterocycles. The number of fused-ring (bicyclic) bond motifs is 5. The summed E-state index contributed by atoms with van der Waals surface area (Å²) in [4.78, 5) is 3.71. The number of para-hydroxylation sites is 1. The van der Waals surface area contributed by atoms with Crippen molar-refractivity contribution in [2.45, 2.75) is 0 Å². The highest BCUT2D eigenvalue weighted by molar-refractivity contribution is 6.27. The topological polar surface area (TPSA) is 15.8 Å². The Bertz CT molecular complexity index is 1480. The van der Waals surface area contributed by atoms with Crippen LogP contribution in [0.15, 0.2) is 109 Å². The molecular weight excluding hydrogens is 350 g/mol. The zero-order valence-electron chi connectivity index (χ0n) is 15.9. The third kappa shape index (κ3) is 2.41. The first-order chi connectivity index (χ1) is 14.4. The maximum absolute atomic E-state index is 3.71. The van der Waals surface area contributed by atoms with Gasteiger partial charge in [-0.1, -0.05) is 103 Å². The lowest BCUT2D eigenvalue weighted by molar-refractivity contribution is 1.56. The average Bonchev–Trinajstić information content (AvgIpc) is 3.19. The summed E-state index contributed by atoms with van der Waals surface area (Å²) >= 11 is 0. The summed E-state index contributed by atoms with van der Waals surface area (Å²) in [5, 5.41) is 5.10. The largest absolute Gasteiger partial charge is 0.354 e. The van der Waals surface area contributed by atoms with Crippen LogP contribution in [0.3, 0.4) is 0 Å². The lowest BCUT2D eigenvalue weighted by Gasteiger charge is -2.17. The van der Waals surface area contributed by atoms with E-state index < -0.39 is 0 Å². The van der Waals surface area contributed by atoms with Gasteiger partial charge in [-0.2, -0.15) is 0 Å². The first-order valence-electron chi connectivity index (χ1n) is 9.98. The number of nitrogens with one attached hydrogen (secondary N) is 1. The Morgan fingerprint density at radius 1 is 0.414 bits per heavy atom. The van der Waals surface area contributed by atoms with E-state index in [-0.39, 0.29) is 0 Å². The molecule has 1 nitrogen and oxygen atoms in total. The van der Waals surface area contributed by atoms with E-state index in [0.717, 1.165) is 0 Å². The molecule has 29 heavy (non-hydrogen) atoms. The smallest absolute Gasteiger partial charge is 0.0551 e. The van der Waals surface area contributed by atoms with Crippen molar-refractivity contribution >= 4 is 32.6 Å². The minimum atomic E-state index is 1.18. The van der Waals surface area contributed by atoms with Crippen LogP contribution < -0.4 is 0 Å². The van der Waals surface area contributed by atoms with Gasteiger partial charge in [-0.15, -0.1) is 0 Å². The number of hydrogen-bond donors (Lipinski definition) is 1. The Labute approximate surface area is 169 Å². The van der Waals surface area contributed by atoms with Crippen LogP contribution in [0.4, 0.5) is 0 Å². The molecule has 136 valence electrons. The van der Waals surface area contributed by atoms with Gasteiger partial charge in [-0.05, 0) is 28.1 Å². The molecule has 1 aromatic heterocycles. The van der Waals surface area contributed by atoms with Crippen LogP contribution in [0.25, 0.3) is 54.8 Å². The first kappa shape index (κ1) is 16.1. The van der Waals surface area contributed by atoms with Gasteiger partial charge in [0, 0.05) is 27.2 Å². The highest BCUT2D eigenvalue weighted by Crippen LogP contribution is 2.46. The molecule has 0 aliphatic heterocycles. The molecule has 0 amide bonds. The average molecular weight is 369 g/mol. The van der Waals surface area contributed by atoms with Crippen molar-refractivity contribution in [1.82, 2.24) is 4.98 Å². The van der Waals surface area contributed by atoms with Gasteiger partial charge in [0.05, 0.1) is 5.52 Å². The summed E-state index contributed by atoms with van der Waals surface area (Å²) in [6, 6.07) is 38.9. The SMILES string of the molecule is c1ccc(-c2c(-c3ccccc3)c3c4ccccc4[nH]c3c3ccccc23)cc1. The highest BCUT2D eigenvalue weighted by Gasteiger charge is 2.20. The zero-order chi connectivity index (χ0) is 19.2. The summed E-state index contributed by atoms with van der Waals surface area (Å²) < 4.78 is 0. The van der Waals surface area contributed by atoms with Crippen molar-refractivity contribution in [2.24, 2.45) is 0 Å². The van der Waals surface area contributed by atoms with E-state index in [9.17, 15) is 0 Å². The lowest BCUT2D eigenvalue weighted by atomic mass is 9.86. The van der Waals surface area contributed by atoms with Gasteiger partial charge in [0.15, 0.2) is 0 Å². The van der Waals surface area contributed by atoms with Crippen LogP contribution >= 0.6 is 0 Å². The molecule has 6 aromatic rings. The second kappa shape index (κ2) is 6.35. The number of rotatable bonds is 2. The maximum atomic E-state index is 3.71. The molecule has 1 heteroatoms. The molecule has 0 bridgehead atoms. The zero-order valence-corrected chi connectivity index (χ0v) is 15.9. The van der Waals surface area contributed by atoms with E-state index in [2.05, 4.69) is 114 Å². The van der Waals surface area contributed by atoms with Crippen molar-refractivity contribution in [3.63, 3.8) is 0 Å². The van der Waals surface area contributed by atoms with Crippen LogP contribution in [-0.2, 0) is 0 Å². The third-order valence-electron chi connectivity index (χ3n) is 5.80. The number of aromatic nitrogens is 1. The molecule has 0 aliphatic carbocycles. The predicted molar refractivity (Wildman–Crippen MR) is 124 cm³/mol. The lowest BCUT2D eigenvalue weighted by Crippen LogP contribution is -1.90. The van der Waals surface area contributed by atoms with E-state index in [1.807, 2.05) is 0 Å². The van der Waals surface area contributed by atoms with Crippen molar-refractivity contribution < 1.29 is 0 Å². The van der Waals surface area contributed by atoms with Gasteiger partial charge < -0.3 is 4.98 Å². The normalized spacial score (nSPS) is 11.4. The molecular formula is C28H19N. The fourth-order valence-corrected chi connectivity index (χ4v) is 4.58. The van der Waals surface area contributed by atoms with Gasteiger partial charge in [0.25, 0.3) is 0 Å². The summed E-state index contributed by atoms with van der Waals surface area (Å²) in [5.74, 6) is 0. The Hall–Kier alpha value is -3.84. The third-order valence-corrected chi connectivity index (χ3v) is 5.80. The summed E-state index contributed by atoms with van der Waals surface area (Å²) in [6.07, 6.45) is 0. The van der Waals surface area contributed by atoms with Crippen LogP contribution in [0.1, 0.15) is 0 Å². The molecule has 0 saturated carbocycles. The minimum absolute atomic E-state index is 1.18. The molecule has 0 radical (unpaired) electrons. The molecule has 0 atom stereocenters. The molecule has 5 aromatic carbocycles. The van der Waals surface area contributed by atoms with E-state index >= 15 is 0 Å². The Morgan fingerprint density at radius 2 is 0.931 bits per heavy atom. The van der Waals surface area contributed by atoms with E-state index in [1.54, 1.807) is 0 Å². The van der Waals surface area contributed by atoms with Crippen molar-refractivity contribution in [2.75, 3.05) is 0 Å². The maximum Gasteiger partial charge on any atom is 0.0551 e. The van der Waals surface area contributed by atoms with E-state index in [0.29, 0.717) is 0 Å². The van der Waals surface area contributed by atoms with Crippen LogP contribution in [0.5, 0.6) is 0 Å². The molecule has 0 fully saturated rings. The summed E-state index contributed by atoms with van der Waals surface area (Å²) in [7, 11) is 0. The minimum Gasteiger partial charge on any atom is -0.354 e. The Morgan fingerprint density at radius 3 is 1.62 bits per heavy atom. The molecule has 0 spiro atoms. The predicted octanol–water partition coefficient (Wildman–Crippen LogP) is 7.81. The van der Waals surface area contributed by atoms with Gasteiger partial charge in [-0.3, -0.25) is 0 Å². The monoisotopic (exact) mass is 369 g/mol. The van der Waals surface area contributed by atoms with Gasteiger partial charge in [0.1, 0.15) is 0 Å². The Balaban J connectivity index is 1.94. The molecule has 6 rings (SSSR count). The number of hydrogen-bond acceptors (Lipinski definition) is 0. The summed E-state index contributed by atoms with van der Waals surface area (Å²) in [5.41, 5.74) is 7.46. The van der Waals surface area contributed by atoms with Crippen LogP contribution in [0.2, 0.25) is 0 Å². The quantitative estimate of drug-likeness (QED) is 0.320. The fraction of sp³-hybridized carbons (Fsp3) is 0. The van der Waals surface area contributed by atoms with Crippen LogP contribution in [-0.4, -0.2) is 4.98 Å². The number of benzene rings is 5. The number of aromatic amines is 1. The second-order valence-electron chi connectivity index (χ2n) is 7.45. The highest BCUT2D eigenvalue weighted by atomic mass is 14.7. The van der Waals surface area contributed by atoms with Crippen molar-refractivity contribution in [1.29, 1.82) is 0 Å². The standard InChI is InChI=1S/C28H19N/c1-3-11-19(12-4-1)25-21-15-7-8-16-22(21)28-27(23-17-9-10-18-24(23)29-28)26(25)20-13-5-2-6-14-20/h1-18,29H. The van der Waals surface area contributed by atoms with E-state index in [4.69, 9.17) is 0 Å². The second-order valence-corrected chi connectivity index (χ2v) is 7.45. The molecule has 1 N–H and O–H groups in total. The van der Waals surface area contributed by atoms with E-state index in [1.165, 1.54) is 54.8 Å². The molecule has 0 unspecified atom stereocenters. The molecule has 0 aliphatic rings.